The van der Waals surface area contributed by atoms with Gasteiger partial charge in [-0.1, -0.05) is 19.0 Å². The van der Waals surface area contributed by atoms with Gasteiger partial charge in [0, 0.05) is 11.1 Å². The maximum atomic E-state index is 5.71. The second-order valence-corrected chi connectivity index (χ2v) is 3.59. The van der Waals surface area contributed by atoms with E-state index in [1.54, 1.807) is 12.4 Å². The van der Waals surface area contributed by atoms with E-state index < -0.39 is 0 Å². The minimum atomic E-state index is 0.263. The Morgan fingerprint density at radius 1 is 1.33 bits per heavy atom. The summed E-state index contributed by atoms with van der Waals surface area (Å²) in [7, 11) is 0. The maximum absolute atomic E-state index is 5.71. The van der Waals surface area contributed by atoms with Crippen molar-refractivity contribution in [1.82, 2.24) is 15.4 Å². The van der Waals surface area contributed by atoms with Crippen molar-refractivity contribution in [2.45, 2.75) is 19.8 Å². The Hall–Kier alpha value is -1.91. The average Bonchev–Trinajstić information content (AvgIpc) is 2.61. The molecule has 0 saturated heterocycles. The van der Waals surface area contributed by atoms with Crippen LogP contribution in [0, 0.1) is 0 Å². The lowest BCUT2D eigenvalue weighted by Gasteiger charge is -2.04. The first-order chi connectivity index (χ1) is 7.20. The second kappa shape index (κ2) is 3.68. The Labute approximate surface area is 87.3 Å². The van der Waals surface area contributed by atoms with Crippen LogP contribution in [-0.2, 0) is 0 Å². The molecule has 0 amide bonds. The van der Waals surface area contributed by atoms with E-state index in [0.717, 1.165) is 16.8 Å². The van der Waals surface area contributed by atoms with Gasteiger partial charge < -0.3 is 10.3 Å². The van der Waals surface area contributed by atoms with Crippen LogP contribution < -0.4 is 5.73 Å². The number of nitrogen functional groups attached to an aromatic ring is 1. The van der Waals surface area contributed by atoms with Crippen molar-refractivity contribution >= 4 is 5.88 Å². The van der Waals surface area contributed by atoms with Gasteiger partial charge in [0.2, 0.25) is 5.88 Å². The lowest BCUT2D eigenvalue weighted by atomic mass is 10.00. The highest BCUT2D eigenvalue weighted by molar-refractivity contribution is 5.66. The third-order valence-corrected chi connectivity index (χ3v) is 2.19. The summed E-state index contributed by atoms with van der Waals surface area (Å²) in [5.74, 6) is 0.635. The zero-order valence-electron chi connectivity index (χ0n) is 8.64. The first-order valence-corrected chi connectivity index (χ1v) is 4.72. The second-order valence-electron chi connectivity index (χ2n) is 3.59. The van der Waals surface area contributed by atoms with E-state index in [2.05, 4.69) is 15.4 Å². The molecule has 0 spiro atoms. The topological polar surface area (TPSA) is 77.8 Å². The van der Waals surface area contributed by atoms with E-state index in [1.807, 2.05) is 19.9 Å². The van der Waals surface area contributed by atoms with Gasteiger partial charge in [0.05, 0.1) is 12.4 Å². The van der Waals surface area contributed by atoms with Crippen molar-refractivity contribution in [1.29, 1.82) is 0 Å². The normalized spacial score (nSPS) is 10.9. The van der Waals surface area contributed by atoms with Gasteiger partial charge >= 0.3 is 0 Å². The molecule has 0 aliphatic rings. The molecule has 0 unspecified atom stereocenters. The Morgan fingerprint density at radius 3 is 2.73 bits per heavy atom. The quantitative estimate of drug-likeness (QED) is 0.807. The van der Waals surface area contributed by atoms with Crippen LogP contribution in [0.15, 0.2) is 23.0 Å². The molecule has 0 aliphatic carbocycles. The van der Waals surface area contributed by atoms with Crippen molar-refractivity contribution in [3.05, 3.63) is 24.0 Å². The number of aromatic nitrogens is 3. The van der Waals surface area contributed by atoms with E-state index >= 15 is 0 Å². The van der Waals surface area contributed by atoms with E-state index in [-0.39, 0.29) is 5.92 Å². The van der Waals surface area contributed by atoms with Crippen LogP contribution in [0.3, 0.4) is 0 Å². The summed E-state index contributed by atoms with van der Waals surface area (Å²) in [6.07, 6.45) is 3.26. The van der Waals surface area contributed by atoms with Crippen molar-refractivity contribution in [2.24, 2.45) is 0 Å². The summed E-state index contributed by atoms with van der Waals surface area (Å²) >= 11 is 0. The van der Waals surface area contributed by atoms with Gasteiger partial charge in [0.1, 0.15) is 5.69 Å². The molecule has 0 fully saturated rings. The number of anilines is 1. The molecule has 0 bridgehead atoms. The van der Waals surface area contributed by atoms with Gasteiger partial charge in [0.15, 0.2) is 0 Å². The maximum Gasteiger partial charge on any atom is 0.226 e. The summed E-state index contributed by atoms with van der Waals surface area (Å²) in [5.41, 5.74) is 8.25. The first-order valence-electron chi connectivity index (χ1n) is 4.72. The van der Waals surface area contributed by atoms with Crippen LogP contribution >= 0.6 is 0 Å². The van der Waals surface area contributed by atoms with E-state index in [1.165, 1.54) is 0 Å². The van der Waals surface area contributed by atoms with Crippen LogP contribution in [0.4, 0.5) is 5.88 Å². The molecule has 15 heavy (non-hydrogen) atoms. The molecule has 2 rings (SSSR count). The smallest absolute Gasteiger partial charge is 0.226 e. The summed E-state index contributed by atoms with van der Waals surface area (Å²) in [6.45, 7) is 4.09. The zero-order chi connectivity index (χ0) is 10.8. The number of hydrogen-bond acceptors (Lipinski definition) is 5. The summed E-state index contributed by atoms with van der Waals surface area (Å²) < 4.78 is 4.99. The molecular weight excluding hydrogens is 192 g/mol. The lowest BCUT2D eigenvalue weighted by molar-refractivity contribution is 0.438. The van der Waals surface area contributed by atoms with E-state index in [9.17, 15) is 0 Å². The van der Waals surface area contributed by atoms with Gasteiger partial charge in [0.25, 0.3) is 0 Å². The molecule has 0 atom stereocenters. The standard InChI is InChI=1S/C10H12N4O/c1-6(2)8-9(14-15-10(8)11)7-3-4-12-13-5-7/h3-6H,11H2,1-2H3. The number of nitrogens with zero attached hydrogens (tertiary/aromatic N) is 3. The lowest BCUT2D eigenvalue weighted by Crippen LogP contribution is -1.95. The van der Waals surface area contributed by atoms with Crippen molar-refractivity contribution < 1.29 is 4.52 Å². The molecule has 2 N–H and O–H groups in total. The Bertz CT molecular complexity index is 450. The van der Waals surface area contributed by atoms with Crippen molar-refractivity contribution in [2.75, 3.05) is 5.73 Å². The molecule has 2 heterocycles. The predicted molar refractivity (Wildman–Crippen MR) is 56.0 cm³/mol. The number of nitrogens with two attached hydrogens (primary N) is 1. The largest absolute Gasteiger partial charge is 0.367 e. The summed E-state index contributed by atoms with van der Waals surface area (Å²) in [6, 6.07) is 1.83. The Kier molecular flexibility index (Phi) is 2.37. The van der Waals surface area contributed by atoms with Crippen LogP contribution in [0.1, 0.15) is 25.3 Å². The monoisotopic (exact) mass is 204 g/mol. The van der Waals surface area contributed by atoms with Crippen LogP contribution in [-0.4, -0.2) is 15.4 Å². The Balaban J connectivity index is 2.54. The molecule has 0 radical (unpaired) electrons. The first kappa shape index (κ1) is 9.64. The van der Waals surface area contributed by atoms with Gasteiger partial charge in [-0.25, -0.2) is 0 Å². The highest BCUT2D eigenvalue weighted by Crippen LogP contribution is 2.32. The third kappa shape index (κ3) is 1.68. The molecule has 2 aromatic heterocycles. The van der Waals surface area contributed by atoms with Crippen LogP contribution in [0.5, 0.6) is 0 Å². The number of hydrogen-bond donors (Lipinski definition) is 1. The molecular formula is C10H12N4O. The molecule has 78 valence electrons. The molecule has 5 heteroatoms. The molecule has 5 nitrogen and oxygen atoms in total. The highest BCUT2D eigenvalue weighted by Gasteiger charge is 2.18. The number of rotatable bonds is 2. The zero-order valence-corrected chi connectivity index (χ0v) is 8.64. The van der Waals surface area contributed by atoms with Gasteiger partial charge in [-0.05, 0) is 12.0 Å². The average molecular weight is 204 g/mol. The highest BCUT2D eigenvalue weighted by atomic mass is 16.5. The molecule has 0 aromatic carbocycles. The van der Waals surface area contributed by atoms with E-state index in [0.29, 0.717) is 5.88 Å². The van der Waals surface area contributed by atoms with Crippen LogP contribution in [0.25, 0.3) is 11.3 Å². The Morgan fingerprint density at radius 2 is 2.13 bits per heavy atom. The van der Waals surface area contributed by atoms with Crippen LogP contribution in [0.2, 0.25) is 0 Å². The molecule has 0 aliphatic heterocycles. The fourth-order valence-electron chi connectivity index (χ4n) is 1.51. The molecule has 0 saturated carbocycles. The predicted octanol–water partition coefficient (Wildman–Crippen LogP) is 1.84. The van der Waals surface area contributed by atoms with Gasteiger partial charge in [-0.2, -0.15) is 10.2 Å². The minimum Gasteiger partial charge on any atom is -0.367 e. The SMILES string of the molecule is CC(C)c1c(-c2ccnnc2)noc1N. The molecule has 2 aromatic rings. The fraction of sp³-hybridized carbons (Fsp3) is 0.300. The van der Waals surface area contributed by atoms with Gasteiger partial charge in [-0.15, -0.1) is 0 Å². The fourth-order valence-corrected chi connectivity index (χ4v) is 1.51. The third-order valence-electron chi connectivity index (χ3n) is 2.19. The minimum absolute atomic E-state index is 0.263. The summed E-state index contributed by atoms with van der Waals surface area (Å²) in [5, 5.41) is 11.5. The summed E-state index contributed by atoms with van der Waals surface area (Å²) in [4.78, 5) is 0. The van der Waals surface area contributed by atoms with Crippen molar-refractivity contribution in [3.63, 3.8) is 0 Å². The van der Waals surface area contributed by atoms with E-state index in [4.69, 9.17) is 10.3 Å². The van der Waals surface area contributed by atoms with Gasteiger partial charge in [-0.3, -0.25) is 0 Å². The van der Waals surface area contributed by atoms with Crippen molar-refractivity contribution in [3.8, 4) is 11.3 Å².